The van der Waals surface area contributed by atoms with Crippen molar-refractivity contribution in [1.82, 2.24) is 9.97 Å². The molecule has 0 aliphatic heterocycles. The number of aromatic nitrogens is 2. The summed E-state index contributed by atoms with van der Waals surface area (Å²) >= 11 is 0. The van der Waals surface area contributed by atoms with Gasteiger partial charge in [0.2, 0.25) is 5.95 Å². The second kappa shape index (κ2) is 6.31. The second-order valence-corrected chi connectivity index (χ2v) is 10.2. The van der Waals surface area contributed by atoms with Crippen LogP contribution < -0.4 is 16.4 Å². The van der Waals surface area contributed by atoms with E-state index in [-0.39, 0.29) is 23.1 Å². The molecule has 4 aliphatic carbocycles. The smallest absolute Gasteiger partial charge is 0.254 e. The molecule has 154 valence electrons. The van der Waals surface area contributed by atoms with Gasteiger partial charge >= 0.3 is 0 Å². The van der Waals surface area contributed by atoms with Crippen LogP contribution in [0.3, 0.4) is 0 Å². The summed E-state index contributed by atoms with van der Waals surface area (Å²) in [4.78, 5) is 20.9. The number of anilines is 2. The zero-order chi connectivity index (χ0) is 20.3. The number of aliphatic hydroxyl groups is 1. The number of carbonyl (C=O) groups excluding carboxylic acids is 1. The Bertz CT molecular complexity index is 773. The van der Waals surface area contributed by atoms with Gasteiger partial charge in [-0.2, -0.15) is 4.98 Å². The number of nitrogens with two attached hydrogens (primary N) is 1. The van der Waals surface area contributed by atoms with E-state index >= 15 is 0 Å². The molecule has 0 unspecified atom stereocenters. The SMILES string of the molecule is C[C@@H]1C2(Nc3nc(N[C@H]4CC[C@H](O)CC4)ncc3C(N)=O)CC1(C(C)(C)C)C2. The van der Waals surface area contributed by atoms with Crippen molar-refractivity contribution in [2.75, 3.05) is 10.6 Å². The summed E-state index contributed by atoms with van der Waals surface area (Å²) in [6.45, 7) is 9.24. The third kappa shape index (κ3) is 2.86. The largest absolute Gasteiger partial charge is 0.393 e. The summed E-state index contributed by atoms with van der Waals surface area (Å²) in [7, 11) is 0. The molecule has 4 aliphatic rings. The Labute approximate surface area is 166 Å². The normalized spacial score (nSPS) is 36.8. The number of nitrogens with zero attached hydrogens (tertiary/aromatic N) is 2. The molecule has 2 bridgehead atoms. The maximum Gasteiger partial charge on any atom is 0.254 e. The molecule has 0 aromatic carbocycles. The Balaban J connectivity index is 1.51. The first-order chi connectivity index (χ1) is 13.1. The summed E-state index contributed by atoms with van der Waals surface area (Å²) in [5.74, 6) is 1.06. The van der Waals surface area contributed by atoms with E-state index in [1.807, 2.05) is 0 Å². The van der Waals surface area contributed by atoms with Crippen molar-refractivity contribution in [3.8, 4) is 0 Å². The third-order valence-electron chi connectivity index (χ3n) is 7.86. The summed E-state index contributed by atoms with van der Waals surface area (Å²) in [6, 6.07) is 0.244. The Morgan fingerprint density at radius 1 is 1.25 bits per heavy atom. The van der Waals surface area contributed by atoms with Crippen LogP contribution in [0.5, 0.6) is 0 Å². The van der Waals surface area contributed by atoms with Crippen molar-refractivity contribution in [3.63, 3.8) is 0 Å². The van der Waals surface area contributed by atoms with Crippen LogP contribution in [0, 0.1) is 16.7 Å². The van der Waals surface area contributed by atoms with Crippen LogP contribution in [-0.2, 0) is 0 Å². The number of carbonyl (C=O) groups is 1. The molecule has 0 spiro atoms. The molecule has 5 rings (SSSR count). The third-order valence-corrected chi connectivity index (χ3v) is 7.86. The van der Waals surface area contributed by atoms with Gasteiger partial charge in [0.25, 0.3) is 5.91 Å². The summed E-state index contributed by atoms with van der Waals surface area (Å²) in [5.41, 5.74) is 6.55. The fourth-order valence-electron chi connectivity index (χ4n) is 5.70. The minimum atomic E-state index is -0.514. The van der Waals surface area contributed by atoms with E-state index < -0.39 is 5.91 Å². The molecule has 1 amide bonds. The van der Waals surface area contributed by atoms with Gasteiger partial charge in [0.15, 0.2) is 0 Å². The van der Waals surface area contributed by atoms with Crippen LogP contribution in [0.1, 0.15) is 76.6 Å². The van der Waals surface area contributed by atoms with E-state index in [9.17, 15) is 9.90 Å². The lowest BCUT2D eigenvalue weighted by Gasteiger charge is -2.80. The highest BCUT2D eigenvalue weighted by Gasteiger charge is 2.77. The molecule has 1 heterocycles. The molecule has 28 heavy (non-hydrogen) atoms. The Morgan fingerprint density at radius 2 is 1.89 bits per heavy atom. The number of rotatable bonds is 5. The summed E-state index contributed by atoms with van der Waals surface area (Å²) in [5, 5.41) is 16.6. The Hall–Kier alpha value is -1.89. The van der Waals surface area contributed by atoms with Crippen molar-refractivity contribution in [1.29, 1.82) is 0 Å². The van der Waals surface area contributed by atoms with Crippen LogP contribution in [0.25, 0.3) is 0 Å². The predicted octanol–water partition coefficient (Wildman–Crippen LogP) is 2.92. The van der Waals surface area contributed by atoms with Crippen LogP contribution in [0.2, 0.25) is 0 Å². The van der Waals surface area contributed by atoms with E-state index in [1.54, 1.807) is 0 Å². The number of primary amides is 1. The van der Waals surface area contributed by atoms with Gasteiger partial charge in [-0.1, -0.05) is 27.7 Å². The molecular weight excluding hydrogens is 354 g/mol. The van der Waals surface area contributed by atoms with Crippen molar-refractivity contribution < 1.29 is 9.90 Å². The quantitative estimate of drug-likeness (QED) is 0.618. The molecule has 1 atom stereocenters. The lowest BCUT2D eigenvalue weighted by atomic mass is 9.27. The molecular formula is C21H33N5O2. The Kier molecular flexibility index (Phi) is 4.38. The van der Waals surface area contributed by atoms with Crippen molar-refractivity contribution >= 4 is 17.7 Å². The maximum atomic E-state index is 11.9. The molecule has 1 aromatic rings. The van der Waals surface area contributed by atoms with Crippen molar-refractivity contribution in [2.45, 2.75) is 83.9 Å². The van der Waals surface area contributed by atoms with Gasteiger partial charge in [-0.15, -0.1) is 0 Å². The molecule has 7 heteroatoms. The maximum absolute atomic E-state index is 11.9. The molecule has 0 saturated heterocycles. The standard InChI is InChI=1S/C21H33N5O2/c1-12-20(19(2,3)4)10-21(12,11-20)26-17-15(16(22)28)9-23-18(25-17)24-13-5-7-14(27)8-6-13/h9,12-14,27H,5-8,10-11H2,1-4H3,(H2,22,28)(H2,23,24,25,26)/t12-,13-,14-,20?,21?/m0/s1. The number of hydrogen-bond acceptors (Lipinski definition) is 6. The minimum Gasteiger partial charge on any atom is -0.393 e. The van der Waals surface area contributed by atoms with E-state index in [0.29, 0.717) is 28.7 Å². The molecule has 1 aromatic heterocycles. The second-order valence-electron chi connectivity index (χ2n) is 10.2. The number of nitrogens with one attached hydrogen (secondary N) is 2. The van der Waals surface area contributed by atoms with Gasteiger partial charge in [-0.05, 0) is 55.3 Å². The van der Waals surface area contributed by atoms with Crippen molar-refractivity contribution in [2.24, 2.45) is 22.5 Å². The van der Waals surface area contributed by atoms with Crippen LogP contribution >= 0.6 is 0 Å². The first-order valence-corrected chi connectivity index (χ1v) is 10.5. The average Bonchev–Trinajstić information content (AvgIpc) is 2.59. The highest BCUT2D eigenvalue weighted by Crippen LogP contribution is 2.78. The van der Waals surface area contributed by atoms with E-state index in [2.05, 4.69) is 48.3 Å². The zero-order valence-corrected chi connectivity index (χ0v) is 17.4. The predicted molar refractivity (Wildman–Crippen MR) is 109 cm³/mol. The highest BCUT2D eigenvalue weighted by molar-refractivity contribution is 5.97. The van der Waals surface area contributed by atoms with Gasteiger partial charge in [-0.3, -0.25) is 4.79 Å². The van der Waals surface area contributed by atoms with Gasteiger partial charge in [0.1, 0.15) is 5.82 Å². The van der Waals surface area contributed by atoms with Gasteiger partial charge < -0.3 is 21.5 Å². The monoisotopic (exact) mass is 387 g/mol. The zero-order valence-electron chi connectivity index (χ0n) is 17.4. The minimum absolute atomic E-state index is 0.00193. The fourth-order valence-corrected chi connectivity index (χ4v) is 5.70. The summed E-state index contributed by atoms with van der Waals surface area (Å²) in [6.07, 6.45) is 6.86. The molecule has 7 nitrogen and oxygen atoms in total. The fraction of sp³-hybridized carbons (Fsp3) is 0.762. The lowest BCUT2D eigenvalue weighted by molar-refractivity contribution is -0.249. The van der Waals surface area contributed by atoms with Crippen molar-refractivity contribution in [3.05, 3.63) is 11.8 Å². The lowest BCUT2D eigenvalue weighted by Crippen LogP contribution is -2.81. The summed E-state index contributed by atoms with van der Waals surface area (Å²) < 4.78 is 0. The highest BCUT2D eigenvalue weighted by atomic mass is 16.3. The first-order valence-electron chi connectivity index (χ1n) is 10.5. The molecule has 0 radical (unpaired) electrons. The topological polar surface area (TPSA) is 113 Å². The average molecular weight is 388 g/mol. The number of amides is 1. The van der Waals surface area contributed by atoms with Gasteiger partial charge in [0.05, 0.1) is 11.7 Å². The number of aliphatic hydroxyl groups excluding tert-OH is 1. The molecule has 4 saturated carbocycles. The van der Waals surface area contributed by atoms with Crippen LogP contribution in [0.15, 0.2) is 6.20 Å². The van der Waals surface area contributed by atoms with Gasteiger partial charge in [-0.25, -0.2) is 4.98 Å². The van der Waals surface area contributed by atoms with E-state index in [4.69, 9.17) is 5.73 Å². The Morgan fingerprint density at radius 3 is 2.43 bits per heavy atom. The van der Waals surface area contributed by atoms with E-state index in [0.717, 1.165) is 38.5 Å². The van der Waals surface area contributed by atoms with Crippen LogP contribution in [0.4, 0.5) is 11.8 Å². The van der Waals surface area contributed by atoms with Crippen LogP contribution in [-0.4, -0.2) is 38.7 Å². The van der Waals surface area contributed by atoms with E-state index in [1.165, 1.54) is 6.20 Å². The number of hydrogen-bond donors (Lipinski definition) is 4. The van der Waals surface area contributed by atoms with Gasteiger partial charge in [0, 0.05) is 17.8 Å². The first kappa shape index (κ1) is 19.4. The molecule has 4 fully saturated rings. The molecule has 5 N–H and O–H groups in total.